The summed E-state index contributed by atoms with van der Waals surface area (Å²) in [6.45, 7) is 1.72. The predicted octanol–water partition coefficient (Wildman–Crippen LogP) is 1.40. The van der Waals surface area contributed by atoms with Gasteiger partial charge in [0.15, 0.2) is 6.29 Å². The van der Waals surface area contributed by atoms with Crippen LogP contribution in [0.5, 0.6) is 0 Å². The highest BCUT2D eigenvalue weighted by Gasteiger charge is 2.29. The van der Waals surface area contributed by atoms with Crippen LogP contribution in [0.1, 0.15) is 13.3 Å². The van der Waals surface area contributed by atoms with Gasteiger partial charge in [-0.2, -0.15) is 0 Å². The lowest BCUT2D eigenvalue weighted by Gasteiger charge is -2.13. The summed E-state index contributed by atoms with van der Waals surface area (Å²) in [5.41, 5.74) is 0. The second kappa shape index (κ2) is 2.80. The molecule has 1 rings (SSSR count). The summed E-state index contributed by atoms with van der Waals surface area (Å²) in [7, 11) is 0. The molecule has 0 bridgehead atoms. The molecule has 10 heavy (non-hydrogen) atoms. The van der Waals surface area contributed by atoms with Gasteiger partial charge >= 0.3 is 0 Å². The Kier molecular flexibility index (Phi) is 2.21. The first-order valence-corrected chi connectivity index (χ1v) is 3.19. The zero-order valence-electron chi connectivity index (χ0n) is 5.77. The van der Waals surface area contributed by atoms with Gasteiger partial charge in [0.1, 0.15) is 0 Å². The molecule has 0 radical (unpaired) electrons. The topological polar surface area (TPSA) is 18.5 Å². The Hall–Kier alpha value is -0.220. The van der Waals surface area contributed by atoms with Gasteiger partial charge in [-0.25, -0.2) is 8.78 Å². The van der Waals surface area contributed by atoms with Crippen molar-refractivity contribution in [3.63, 3.8) is 0 Å². The summed E-state index contributed by atoms with van der Waals surface area (Å²) < 4.78 is 34.1. The summed E-state index contributed by atoms with van der Waals surface area (Å²) in [6, 6.07) is 0. The van der Waals surface area contributed by atoms with Gasteiger partial charge in [0.05, 0.1) is 19.6 Å². The maximum atomic E-state index is 12.2. The van der Waals surface area contributed by atoms with E-state index in [0.717, 1.165) is 6.92 Å². The number of hydrogen-bond acceptors (Lipinski definition) is 2. The number of hydrogen-bond donors (Lipinski definition) is 0. The predicted molar refractivity (Wildman–Crippen MR) is 30.9 cm³/mol. The van der Waals surface area contributed by atoms with Gasteiger partial charge in [-0.15, -0.1) is 0 Å². The molecular formula is C6H10F2O2. The van der Waals surface area contributed by atoms with Crippen molar-refractivity contribution in [1.82, 2.24) is 0 Å². The number of ether oxygens (including phenoxy) is 2. The highest BCUT2D eigenvalue weighted by molar-refractivity contribution is 4.63. The van der Waals surface area contributed by atoms with Gasteiger partial charge in [-0.1, -0.05) is 0 Å². The molecule has 4 heteroatoms. The molecule has 0 aliphatic carbocycles. The van der Waals surface area contributed by atoms with Gasteiger partial charge in [-0.3, -0.25) is 0 Å². The molecule has 1 aliphatic heterocycles. The fraction of sp³-hybridized carbons (Fsp3) is 1.00. The van der Waals surface area contributed by atoms with Crippen LogP contribution >= 0.6 is 0 Å². The number of halogens is 2. The van der Waals surface area contributed by atoms with Gasteiger partial charge in [0.2, 0.25) is 5.92 Å². The van der Waals surface area contributed by atoms with Gasteiger partial charge in [-0.05, 0) is 6.92 Å². The van der Waals surface area contributed by atoms with Crippen molar-refractivity contribution in [2.75, 3.05) is 13.2 Å². The van der Waals surface area contributed by atoms with E-state index in [1.165, 1.54) is 0 Å². The van der Waals surface area contributed by atoms with Crippen LogP contribution in [0.15, 0.2) is 0 Å². The molecule has 0 spiro atoms. The number of alkyl halides is 2. The molecule has 0 aromatic carbocycles. The zero-order valence-corrected chi connectivity index (χ0v) is 5.77. The van der Waals surface area contributed by atoms with Gasteiger partial charge < -0.3 is 9.47 Å². The summed E-state index contributed by atoms with van der Waals surface area (Å²) in [5.74, 6) is -2.69. The van der Waals surface area contributed by atoms with E-state index in [0.29, 0.717) is 13.2 Å². The van der Waals surface area contributed by atoms with E-state index in [1.54, 1.807) is 0 Å². The monoisotopic (exact) mass is 152 g/mol. The lowest BCUT2D eigenvalue weighted by Crippen LogP contribution is -2.20. The molecule has 0 atom stereocenters. The van der Waals surface area contributed by atoms with Gasteiger partial charge in [0, 0.05) is 0 Å². The first kappa shape index (κ1) is 7.88. The van der Waals surface area contributed by atoms with E-state index in [4.69, 9.17) is 9.47 Å². The molecule has 0 saturated carbocycles. The molecule has 1 heterocycles. The standard InChI is InChI=1S/C6H10F2O2/c1-6(7,8)4-5-9-2-3-10-5/h5H,2-4H2,1H3. The largest absolute Gasteiger partial charge is 0.350 e. The third kappa shape index (κ3) is 2.58. The second-order valence-corrected chi connectivity index (χ2v) is 2.45. The zero-order chi connectivity index (χ0) is 7.61. The molecule has 1 saturated heterocycles. The van der Waals surface area contributed by atoms with Crippen LogP contribution in [0.25, 0.3) is 0 Å². The molecule has 0 aromatic heterocycles. The summed E-state index contributed by atoms with van der Waals surface area (Å²) in [6.07, 6.45) is -1.03. The van der Waals surface area contributed by atoms with E-state index in [-0.39, 0.29) is 6.42 Å². The van der Waals surface area contributed by atoms with Crippen molar-refractivity contribution in [3.8, 4) is 0 Å². The molecule has 1 aliphatic rings. The summed E-state index contributed by atoms with van der Waals surface area (Å²) in [5, 5.41) is 0. The third-order valence-electron chi connectivity index (χ3n) is 1.22. The van der Waals surface area contributed by atoms with Crippen molar-refractivity contribution < 1.29 is 18.3 Å². The van der Waals surface area contributed by atoms with Crippen LogP contribution in [-0.4, -0.2) is 25.4 Å². The van der Waals surface area contributed by atoms with E-state index in [1.807, 2.05) is 0 Å². The fourth-order valence-electron chi connectivity index (χ4n) is 0.818. The summed E-state index contributed by atoms with van der Waals surface area (Å²) in [4.78, 5) is 0. The van der Waals surface area contributed by atoms with Crippen molar-refractivity contribution in [2.24, 2.45) is 0 Å². The maximum Gasteiger partial charge on any atom is 0.250 e. The molecule has 0 N–H and O–H groups in total. The molecular weight excluding hydrogens is 142 g/mol. The SMILES string of the molecule is CC(F)(F)CC1OCCO1. The Morgan fingerprint density at radius 2 is 1.90 bits per heavy atom. The average Bonchev–Trinajstić information content (AvgIpc) is 2.12. The fourth-order valence-corrected chi connectivity index (χ4v) is 0.818. The smallest absolute Gasteiger partial charge is 0.250 e. The molecule has 60 valence electrons. The Labute approximate surface area is 58.1 Å². The van der Waals surface area contributed by atoms with Crippen LogP contribution in [0.2, 0.25) is 0 Å². The number of rotatable bonds is 2. The third-order valence-corrected chi connectivity index (χ3v) is 1.22. The van der Waals surface area contributed by atoms with Crippen LogP contribution in [-0.2, 0) is 9.47 Å². The Morgan fingerprint density at radius 1 is 1.40 bits per heavy atom. The van der Waals surface area contributed by atoms with Crippen LogP contribution in [0.3, 0.4) is 0 Å². The molecule has 2 nitrogen and oxygen atoms in total. The normalized spacial score (nSPS) is 21.9. The lowest BCUT2D eigenvalue weighted by atomic mass is 10.3. The Balaban J connectivity index is 2.24. The quantitative estimate of drug-likeness (QED) is 0.595. The maximum absolute atomic E-state index is 12.2. The highest BCUT2D eigenvalue weighted by Crippen LogP contribution is 2.22. The van der Waals surface area contributed by atoms with Crippen LogP contribution in [0, 0.1) is 0 Å². The Morgan fingerprint density at radius 3 is 2.30 bits per heavy atom. The van der Waals surface area contributed by atoms with Gasteiger partial charge in [0.25, 0.3) is 0 Å². The second-order valence-electron chi connectivity index (χ2n) is 2.45. The van der Waals surface area contributed by atoms with Crippen molar-refractivity contribution in [1.29, 1.82) is 0 Å². The minimum Gasteiger partial charge on any atom is -0.350 e. The Bertz CT molecular complexity index is 105. The molecule has 0 unspecified atom stereocenters. The average molecular weight is 152 g/mol. The van der Waals surface area contributed by atoms with Crippen molar-refractivity contribution >= 4 is 0 Å². The first-order chi connectivity index (χ1) is 4.58. The first-order valence-electron chi connectivity index (χ1n) is 3.19. The van der Waals surface area contributed by atoms with E-state index in [9.17, 15) is 8.78 Å². The van der Waals surface area contributed by atoms with Crippen LogP contribution in [0.4, 0.5) is 8.78 Å². The minimum atomic E-state index is -2.69. The lowest BCUT2D eigenvalue weighted by molar-refractivity contribution is -0.111. The van der Waals surface area contributed by atoms with Crippen molar-refractivity contribution in [2.45, 2.75) is 25.6 Å². The molecule has 1 fully saturated rings. The molecule has 0 aromatic rings. The van der Waals surface area contributed by atoms with Crippen LogP contribution < -0.4 is 0 Å². The van der Waals surface area contributed by atoms with E-state index in [2.05, 4.69) is 0 Å². The summed E-state index contributed by atoms with van der Waals surface area (Å²) >= 11 is 0. The molecule has 0 amide bonds. The highest BCUT2D eigenvalue weighted by atomic mass is 19.3. The van der Waals surface area contributed by atoms with E-state index >= 15 is 0 Å². The minimum absolute atomic E-state index is 0.340. The van der Waals surface area contributed by atoms with E-state index < -0.39 is 12.2 Å². The van der Waals surface area contributed by atoms with Crippen molar-refractivity contribution in [3.05, 3.63) is 0 Å².